The Bertz CT molecular complexity index is 624. The number of carbonyl (C=O) groups excluding carboxylic acids is 1. The number of Topliss-reactive ketones (excluding diaryl/α,β-unsaturated/α-hetero) is 1. The summed E-state index contributed by atoms with van der Waals surface area (Å²) in [6.45, 7) is 4.16. The van der Waals surface area contributed by atoms with Gasteiger partial charge in [0.05, 0.1) is 4.47 Å². The standard InChI is InChI=1S/C18H18BrFO/c1-3-12(2)17(13-7-5-4-6-8-13)18(21)14-9-10-16(20)15(19)11-14/h4-12,17H,3H2,1-2H3. The maximum atomic E-state index is 13.4. The summed E-state index contributed by atoms with van der Waals surface area (Å²) in [5.74, 6) is -0.292. The van der Waals surface area contributed by atoms with Gasteiger partial charge in [0, 0.05) is 11.5 Å². The highest BCUT2D eigenvalue weighted by molar-refractivity contribution is 9.10. The fourth-order valence-corrected chi connectivity index (χ4v) is 2.84. The van der Waals surface area contributed by atoms with Crippen molar-refractivity contribution in [3.8, 4) is 0 Å². The van der Waals surface area contributed by atoms with Gasteiger partial charge < -0.3 is 0 Å². The smallest absolute Gasteiger partial charge is 0.170 e. The Labute approximate surface area is 133 Å². The lowest BCUT2D eigenvalue weighted by Gasteiger charge is -2.22. The molecule has 0 saturated heterocycles. The van der Waals surface area contributed by atoms with Crippen molar-refractivity contribution in [2.75, 3.05) is 0 Å². The summed E-state index contributed by atoms with van der Waals surface area (Å²) in [5.41, 5.74) is 1.55. The predicted octanol–water partition coefficient (Wildman–Crippen LogP) is 5.60. The minimum Gasteiger partial charge on any atom is -0.293 e. The zero-order valence-corrected chi connectivity index (χ0v) is 13.7. The maximum absolute atomic E-state index is 13.4. The lowest BCUT2D eigenvalue weighted by atomic mass is 9.80. The van der Waals surface area contributed by atoms with Gasteiger partial charge in [-0.25, -0.2) is 4.39 Å². The van der Waals surface area contributed by atoms with E-state index in [9.17, 15) is 9.18 Å². The Hall–Kier alpha value is -1.48. The lowest BCUT2D eigenvalue weighted by molar-refractivity contribution is 0.0932. The number of hydrogen-bond donors (Lipinski definition) is 0. The molecule has 110 valence electrons. The van der Waals surface area contributed by atoms with Crippen LogP contribution in [0.25, 0.3) is 0 Å². The Morgan fingerprint density at radius 2 is 1.86 bits per heavy atom. The SMILES string of the molecule is CCC(C)C(C(=O)c1ccc(F)c(Br)c1)c1ccccc1. The normalized spacial score (nSPS) is 13.7. The summed E-state index contributed by atoms with van der Waals surface area (Å²) in [6.07, 6.45) is 0.910. The molecule has 3 heteroatoms. The van der Waals surface area contributed by atoms with Crippen LogP contribution in [0.5, 0.6) is 0 Å². The van der Waals surface area contributed by atoms with Gasteiger partial charge in [-0.05, 0) is 45.6 Å². The molecule has 0 heterocycles. The molecule has 2 aromatic carbocycles. The minimum atomic E-state index is -0.355. The molecule has 0 amide bonds. The highest BCUT2D eigenvalue weighted by Gasteiger charge is 2.27. The quantitative estimate of drug-likeness (QED) is 0.642. The summed E-state index contributed by atoms with van der Waals surface area (Å²) in [5, 5.41) is 0. The van der Waals surface area contributed by atoms with Gasteiger partial charge in [-0.2, -0.15) is 0 Å². The average molecular weight is 349 g/mol. The number of carbonyl (C=O) groups is 1. The molecule has 0 aliphatic heterocycles. The van der Waals surface area contributed by atoms with E-state index in [1.165, 1.54) is 6.07 Å². The van der Waals surface area contributed by atoms with Gasteiger partial charge in [0.25, 0.3) is 0 Å². The third kappa shape index (κ3) is 3.59. The number of hydrogen-bond acceptors (Lipinski definition) is 1. The van der Waals surface area contributed by atoms with Crippen LogP contribution >= 0.6 is 15.9 Å². The highest BCUT2D eigenvalue weighted by atomic mass is 79.9. The molecule has 21 heavy (non-hydrogen) atoms. The molecular weight excluding hydrogens is 331 g/mol. The maximum Gasteiger partial charge on any atom is 0.170 e. The molecule has 0 radical (unpaired) electrons. The Morgan fingerprint density at radius 3 is 2.43 bits per heavy atom. The van der Waals surface area contributed by atoms with Gasteiger partial charge >= 0.3 is 0 Å². The molecule has 0 saturated carbocycles. The van der Waals surface area contributed by atoms with Gasteiger partial charge in [0.15, 0.2) is 5.78 Å². The second-order valence-electron chi connectivity index (χ2n) is 5.27. The van der Waals surface area contributed by atoms with Crippen molar-refractivity contribution in [1.82, 2.24) is 0 Å². The molecule has 0 N–H and O–H groups in total. The van der Waals surface area contributed by atoms with Crippen LogP contribution < -0.4 is 0 Å². The molecule has 0 bridgehead atoms. The summed E-state index contributed by atoms with van der Waals surface area (Å²) in [4.78, 5) is 12.9. The average Bonchev–Trinajstić information content (AvgIpc) is 2.51. The molecule has 2 unspecified atom stereocenters. The predicted molar refractivity (Wildman–Crippen MR) is 87.1 cm³/mol. The molecule has 0 aliphatic rings. The fourth-order valence-electron chi connectivity index (χ4n) is 2.46. The van der Waals surface area contributed by atoms with Crippen molar-refractivity contribution in [3.63, 3.8) is 0 Å². The van der Waals surface area contributed by atoms with E-state index in [-0.39, 0.29) is 23.4 Å². The van der Waals surface area contributed by atoms with Crippen LogP contribution in [0.3, 0.4) is 0 Å². The highest BCUT2D eigenvalue weighted by Crippen LogP contribution is 2.31. The summed E-state index contributed by atoms with van der Waals surface area (Å²) in [7, 11) is 0. The third-order valence-corrected chi connectivity index (χ3v) is 4.47. The van der Waals surface area contributed by atoms with Gasteiger partial charge in [-0.1, -0.05) is 50.6 Å². The lowest BCUT2D eigenvalue weighted by Crippen LogP contribution is -2.20. The third-order valence-electron chi connectivity index (χ3n) is 3.86. The van der Waals surface area contributed by atoms with E-state index in [1.54, 1.807) is 12.1 Å². The Balaban J connectivity index is 2.41. The Morgan fingerprint density at radius 1 is 1.19 bits per heavy atom. The van der Waals surface area contributed by atoms with Crippen molar-refractivity contribution in [3.05, 3.63) is 69.9 Å². The van der Waals surface area contributed by atoms with Crippen LogP contribution in [-0.4, -0.2) is 5.78 Å². The zero-order valence-electron chi connectivity index (χ0n) is 12.1. The molecular formula is C18H18BrFO. The first-order valence-electron chi connectivity index (χ1n) is 7.08. The fraction of sp³-hybridized carbons (Fsp3) is 0.278. The van der Waals surface area contributed by atoms with Crippen molar-refractivity contribution >= 4 is 21.7 Å². The molecule has 2 aromatic rings. The molecule has 0 aromatic heterocycles. The molecule has 1 nitrogen and oxygen atoms in total. The largest absolute Gasteiger partial charge is 0.293 e. The van der Waals surface area contributed by atoms with Crippen molar-refractivity contribution in [2.45, 2.75) is 26.2 Å². The van der Waals surface area contributed by atoms with Crippen LogP contribution in [0.15, 0.2) is 53.0 Å². The molecule has 0 fully saturated rings. The second kappa shape index (κ2) is 6.99. The van der Waals surface area contributed by atoms with Crippen molar-refractivity contribution in [1.29, 1.82) is 0 Å². The van der Waals surface area contributed by atoms with Crippen LogP contribution in [0.2, 0.25) is 0 Å². The number of rotatable bonds is 5. The minimum absolute atomic E-state index is 0.0382. The van der Waals surface area contributed by atoms with Gasteiger partial charge in [0.1, 0.15) is 5.82 Å². The molecule has 0 aliphatic carbocycles. The van der Waals surface area contributed by atoms with Crippen molar-refractivity contribution in [2.24, 2.45) is 5.92 Å². The van der Waals surface area contributed by atoms with E-state index in [2.05, 4.69) is 29.8 Å². The van der Waals surface area contributed by atoms with Crippen LogP contribution in [0, 0.1) is 11.7 Å². The molecule has 2 atom stereocenters. The van der Waals surface area contributed by atoms with Gasteiger partial charge in [-0.3, -0.25) is 4.79 Å². The Kier molecular flexibility index (Phi) is 5.29. The first-order chi connectivity index (χ1) is 10.0. The van der Waals surface area contributed by atoms with Crippen LogP contribution in [-0.2, 0) is 0 Å². The first-order valence-corrected chi connectivity index (χ1v) is 7.88. The van der Waals surface area contributed by atoms with Gasteiger partial charge in [-0.15, -0.1) is 0 Å². The molecule has 0 spiro atoms. The van der Waals surface area contributed by atoms with E-state index in [0.717, 1.165) is 12.0 Å². The summed E-state index contributed by atoms with van der Waals surface area (Å²) < 4.78 is 13.7. The van der Waals surface area contributed by atoms with E-state index in [4.69, 9.17) is 0 Å². The number of halogens is 2. The van der Waals surface area contributed by atoms with E-state index >= 15 is 0 Å². The second-order valence-corrected chi connectivity index (χ2v) is 6.12. The topological polar surface area (TPSA) is 17.1 Å². The van der Waals surface area contributed by atoms with E-state index in [0.29, 0.717) is 10.0 Å². The monoisotopic (exact) mass is 348 g/mol. The summed E-state index contributed by atoms with van der Waals surface area (Å²) >= 11 is 3.15. The van der Waals surface area contributed by atoms with E-state index < -0.39 is 0 Å². The number of benzene rings is 2. The van der Waals surface area contributed by atoms with Crippen LogP contribution in [0.4, 0.5) is 4.39 Å². The van der Waals surface area contributed by atoms with E-state index in [1.807, 2.05) is 30.3 Å². The number of ketones is 1. The summed E-state index contributed by atoms with van der Waals surface area (Å²) in [6, 6.07) is 14.2. The van der Waals surface area contributed by atoms with Gasteiger partial charge in [0.2, 0.25) is 0 Å². The first kappa shape index (κ1) is 15.9. The van der Waals surface area contributed by atoms with Crippen molar-refractivity contribution < 1.29 is 9.18 Å². The van der Waals surface area contributed by atoms with Crippen LogP contribution in [0.1, 0.15) is 42.1 Å². The molecule has 2 rings (SSSR count). The zero-order chi connectivity index (χ0) is 15.4.